The molecular weight excluding hydrogens is 478 g/mol. The fourth-order valence-electron chi connectivity index (χ4n) is 4.12. The number of benzene rings is 2. The normalized spacial score (nSPS) is 17.1. The van der Waals surface area contributed by atoms with Crippen molar-refractivity contribution in [2.24, 2.45) is 0 Å². The largest absolute Gasteiger partial charge is 0.507 e. The quantitative estimate of drug-likeness (QED) is 0.213. The number of fused-ring (bicyclic) bond motifs is 1. The van der Waals surface area contributed by atoms with Gasteiger partial charge in [-0.3, -0.25) is 19.5 Å². The maximum Gasteiger partial charge on any atom is 0.301 e. The van der Waals surface area contributed by atoms with Crippen molar-refractivity contribution in [3.8, 4) is 11.5 Å². The number of amides is 1. The van der Waals surface area contributed by atoms with Crippen molar-refractivity contribution in [1.29, 1.82) is 0 Å². The molecule has 9 heteroatoms. The Hall–Kier alpha value is -4.24. The lowest BCUT2D eigenvalue weighted by Gasteiger charge is -2.22. The van der Waals surface area contributed by atoms with Crippen molar-refractivity contribution in [2.45, 2.75) is 19.4 Å². The van der Waals surface area contributed by atoms with Crippen LogP contribution in [0.2, 0.25) is 0 Å². The Morgan fingerprint density at radius 1 is 1.08 bits per heavy atom. The molecule has 182 valence electrons. The van der Waals surface area contributed by atoms with Gasteiger partial charge in [0.1, 0.15) is 17.3 Å². The summed E-state index contributed by atoms with van der Waals surface area (Å²) in [5.74, 6) is -0.595. The maximum atomic E-state index is 13.4. The van der Waals surface area contributed by atoms with Gasteiger partial charge in [-0.25, -0.2) is 4.98 Å². The molecule has 1 N–H and O–H groups in total. The number of aliphatic hydroxyl groups excluding tert-OH is 1. The van der Waals surface area contributed by atoms with Gasteiger partial charge in [0.15, 0.2) is 5.13 Å². The summed E-state index contributed by atoms with van der Waals surface area (Å²) in [6.07, 6.45) is 3.99. The Balaban J connectivity index is 1.66. The molecule has 3 heterocycles. The lowest BCUT2D eigenvalue weighted by molar-refractivity contribution is -0.132. The van der Waals surface area contributed by atoms with Crippen molar-refractivity contribution in [3.63, 3.8) is 0 Å². The predicted molar refractivity (Wildman–Crippen MR) is 137 cm³/mol. The van der Waals surface area contributed by atoms with Crippen molar-refractivity contribution in [2.75, 3.05) is 18.6 Å². The summed E-state index contributed by atoms with van der Waals surface area (Å²) in [6.45, 7) is 2.52. The monoisotopic (exact) mass is 501 g/mol. The Kier molecular flexibility index (Phi) is 6.39. The standard InChI is InChI=1S/C27H23N3O5S/c1-3-13-35-19-6-4-5-17(14-19)24(31)22-23(16-9-11-28-12-10-16)30(26(33)25(22)32)27-29-20-8-7-18(34-2)15-21(20)36-27/h4-12,14-15,23,31H,3,13H2,1-2H3/b24-22+. The second kappa shape index (κ2) is 9.79. The molecule has 8 nitrogen and oxygen atoms in total. The third kappa shape index (κ3) is 4.18. The van der Waals surface area contributed by atoms with Crippen LogP contribution in [0.5, 0.6) is 11.5 Å². The number of carbonyl (C=O) groups excluding carboxylic acids is 2. The molecule has 0 spiro atoms. The third-order valence-electron chi connectivity index (χ3n) is 5.84. The molecule has 0 aliphatic carbocycles. The first-order chi connectivity index (χ1) is 17.5. The zero-order valence-electron chi connectivity index (χ0n) is 19.7. The SMILES string of the molecule is CCCOc1cccc(/C(O)=C2\C(=O)C(=O)N(c3nc4ccc(OC)cc4s3)C2c2ccncc2)c1. The average molecular weight is 502 g/mol. The second-order valence-electron chi connectivity index (χ2n) is 8.16. The van der Waals surface area contributed by atoms with Gasteiger partial charge in [-0.15, -0.1) is 0 Å². The van der Waals surface area contributed by atoms with Crippen LogP contribution >= 0.6 is 11.3 Å². The van der Waals surface area contributed by atoms with E-state index < -0.39 is 17.7 Å². The van der Waals surface area contributed by atoms with E-state index in [2.05, 4.69) is 9.97 Å². The molecule has 1 unspecified atom stereocenters. The van der Waals surface area contributed by atoms with Crippen molar-refractivity contribution in [3.05, 3.63) is 83.7 Å². The van der Waals surface area contributed by atoms with Crippen LogP contribution in [0.25, 0.3) is 16.0 Å². The van der Waals surface area contributed by atoms with Gasteiger partial charge in [-0.05, 0) is 54.4 Å². The number of aromatic nitrogens is 2. The minimum atomic E-state index is -0.879. The smallest absolute Gasteiger partial charge is 0.301 e. The number of methoxy groups -OCH3 is 1. The number of thiazole rings is 1. The molecule has 0 saturated carbocycles. The highest BCUT2D eigenvalue weighted by Crippen LogP contribution is 2.44. The van der Waals surface area contributed by atoms with E-state index in [0.29, 0.717) is 39.9 Å². The number of carbonyl (C=O) groups is 2. The zero-order valence-corrected chi connectivity index (χ0v) is 20.5. The van der Waals surface area contributed by atoms with Gasteiger partial charge < -0.3 is 14.6 Å². The summed E-state index contributed by atoms with van der Waals surface area (Å²) in [5, 5.41) is 11.7. The number of nitrogens with zero attached hydrogens (tertiary/aromatic N) is 3. The van der Waals surface area contributed by atoms with E-state index in [0.717, 1.165) is 11.1 Å². The van der Waals surface area contributed by atoms with Crippen LogP contribution in [-0.4, -0.2) is 40.5 Å². The average Bonchev–Trinajstić information content (AvgIpc) is 3.45. The van der Waals surface area contributed by atoms with E-state index >= 15 is 0 Å². The van der Waals surface area contributed by atoms with E-state index in [4.69, 9.17) is 9.47 Å². The van der Waals surface area contributed by atoms with Crippen LogP contribution in [0.4, 0.5) is 5.13 Å². The lowest BCUT2D eigenvalue weighted by atomic mass is 9.96. The van der Waals surface area contributed by atoms with E-state index in [1.165, 1.54) is 16.2 Å². The Morgan fingerprint density at radius 3 is 2.64 bits per heavy atom. The van der Waals surface area contributed by atoms with E-state index in [1.807, 2.05) is 13.0 Å². The number of ketones is 1. The number of anilines is 1. The zero-order chi connectivity index (χ0) is 25.2. The van der Waals surface area contributed by atoms with E-state index in [-0.39, 0.29) is 11.3 Å². The van der Waals surface area contributed by atoms with Crippen LogP contribution < -0.4 is 14.4 Å². The van der Waals surface area contributed by atoms with Gasteiger partial charge in [0, 0.05) is 18.0 Å². The first-order valence-corrected chi connectivity index (χ1v) is 12.2. The molecule has 1 amide bonds. The molecule has 1 aliphatic heterocycles. The van der Waals surface area contributed by atoms with Crippen LogP contribution in [-0.2, 0) is 9.59 Å². The Morgan fingerprint density at radius 2 is 1.89 bits per heavy atom. The fraction of sp³-hybridized carbons (Fsp3) is 0.185. The van der Waals surface area contributed by atoms with Gasteiger partial charge in [0.05, 0.1) is 35.5 Å². The number of hydrogen-bond acceptors (Lipinski definition) is 8. The molecule has 4 aromatic rings. The van der Waals surface area contributed by atoms with Gasteiger partial charge in [-0.1, -0.05) is 30.4 Å². The van der Waals surface area contributed by atoms with Crippen LogP contribution in [0.1, 0.15) is 30.5 Å². The minimum absolute atomic E-state index is 0.0179. The molecule has 1 fully saturated rings. The van der Waals surface area contributed by atoms with Crippen molar-refractivity contribution in [1.82, 2.24) is 9.97 Å². The summed E-state index contributed by atoms with van der Waals surface area (Å²) >= 11 is 1.27. The molecule has 0 bridgehead atoms. The molecule has 36 heavy (non-hydrogen) atoms. The first kappa shape index (κ1) is 23.5. The van der Waals surface area contributed by atoms with Gasteiger partial charge in [0.2, 0.25) is 0 Å². The van der Waals surface area contributed by atoms with E-state index in [1.54, 1.807) is 68.0 Å². The summed E-state index contributed by atoms with van der Waals surface area (Å²) in [4.78, 5) is 36.8. The Bertz CT molecular complexity index is 1480. The Labute approximate surface area is 211 Å². The number of aliphatic hydroxyl groups is 1. The molecular formula is C27H23N3O5S. The summed E-state index contributed by atoms with van der Waals surface area (Å²) < 4.78 is 11.8. The molecule has 1 saturated heterocycles. The summed E-state index contributed by atoms with van der Waals surface area (Å²) in [6, 6.07) is 14.8. The predicted octanol–water partition coefficient (Wildman–Crippen LogP) is 5.12. The highest BCUT2D eigenvalue weighted by molar-refractivity contribution is 7.22. The third-order valence-corrected chi connectivity index (χ3v) is 6.85. The van der Waals surface area contributed by atoms with Gasteiger partial charge >= 0.3 is 5.91 Å². The van der Waals surface area contributed by atoms with Crippen LogP contribution in [0.3, 0.4) is 0 Å². The van der Waals surface area contributed by atoms with Crippen molar-refractivity contribution >= 4 is 44.1 Å². The molecule has 1 atom stereocenters. The highest BCUT2D eigenvalue weighted by Gasteiger charge is 2.48. The topological polar surface area (TPSA) is 102 Å². The minimum Gasteiger partial charge on any atom is -0.507 e. The maximum absolute atomic E-state index is 13.4. The second-order valence-corrected chi connectivity index (χ2v) is 9.17. The number of hydrogen-bond donors (Lipinski definition) is 1. The number of pyridine rings is 1. The van der Waals surface area contributed by atoms with Crippen LogP contribution in [0.15, 0.2) is 72.6 Å². The summed E-state index contributed by atoms with van der Waals surface area (Å²) in [7, 11) is 1.58. The molecule has 2 aromatic carbocycles. The highest BCUT2D eigenvalue weighted by atomic mass is 32.1. The first-order valence-electron chi connectivity index (χ1n) is 11.4. The summed E-state index contributed by atoms with van der Waals surface area (Å²) in [5.41, 5.74) is 1.67. The van der Waals surface area contributed by atoms with E-state index in [9.17, 15) is 14.7 Å². The number of ether oxygens (including phenoxy) is 2. The number of rotatable bonds is 7. The van der Waals surface area contributed by atoms with Crippen LogP contribution in [0, 0.1) is 0 Å². The van der Waals surface area contributed by atoms with Gasteiger partial charge in [0.25, 0.3) is 5.78 Å². The molecule has 5 rings (SSSR count). The molecule has 1 aliphatic rings. The molecule has 0 radical (unpaired) electrons. The molecule has 2 aromatic heterocycles. The van der Waals surface area contributed by atoms with Crippen molar-refractivity contribution < 1.29 is 24.2 Å². The number of Topliss-reactive ketones (excluding diaryl/α,β-unsaturated/α-hetero) is 1. The lowest BCUT2D eigenvalue weighted by Crippen LogP contribution is -2.29. The van der Waals surface area contributed by atoms with Gasteiger partial charge in [-0.2, -0.15) is 0 Å². The fourth-order valence-corrected chi connectivity index (χ4v) is 5.14.